The predicted molar refractivity (Wildman–Crippen MR) is 222 cm³/mol. The van der Waals surface area contributed by atoms with E-state index in [1.165, 1.54) is 90.9 Å². The van der Waals surface area contributed by atoms with Gasteiger partial charge in [0.05, 0.1) is 22.4 Å². The van der Waals surface area contributed by atoms with Crippen LogP contribution in [0.15, 0.2) is 144 Å². The van der Waals surface area contributed by atoms with Gasteiger partial charge in [0.25, 0.3) is 6.71 Å². The highest BCUT2D eigenvalue weighted by molar-refractivity contribution is 6.99. The van der Waals surface area contributed by atoms with E-state index in [4.69, 9.17) is 4.42 Å². The van der Waals surface area contributed by atoms with Crippen LogP contribution in [0.25, 0.3) is 27.5 Å². The Bertz CT molecular complexity index is 2680. The van der Waals surface area contributed by atoms with E-state index in [1.54, 1.807) is 0 Å². The van der Waals surface area contributed by atoms with Crippen molar-refractivity contribution >= 4 is 79.2 Å². The first-order chi connectivity index (χ1) is 26.0. The lowest BCUT2D eigenvalue weighted by atomic mass is 9.35. The van der Waals surface area contributed by atoms with E-state index in [2.05, 4.69) is 175 Å². The Kier molecular flexibility index (Phi) is 6.53. The van der Waals surface area contributed by atoms with Gasteiger partial charge in [-0.15, -0.1) is 0 Å². The van der Waals surface area contributed by atoms with Crippen molar-refractivity contribution in [2.45, 2.75) is 51.9 Å². The maximum atomic E-state index is 7.18. The number of rotatable bonds is 3. The Morgan fingerprint density at radius 3 is 1.81 bits per heavy atom. The van der Waals surface area contributed by atoms with Crippen molar-refractivity contribution in [3.05, 3.63) is 156 Å². The van der Waals surface area contributed by atoms with Crippen LogP contribution in [0.1, 0.15) is 50.5 Å². The first kappa shape index (κ1) is 30.7. The normalized spacial score (nSPS) is 14.7. The van der Waals surface area contributed by atoms with Gasteiger partial charge in [0.1, 0.15) is 5.76 Å². The first-order valence-electron chi connectivity index (χ1n) is 19.1. The lowest BCUT2D eigenvalue weighted by Crippen LogP contribution is -2.61. The number of benzene rings is 6. The molecule has 0 radical (unpaired) electrons. The number of aromatic nitrogens is 1. The average molecular weight is 686 g/mol. The van der Waals surface area contributed by atoms with Gasteiger partial charge in [-0.05, 0) is 102 Å². The van der Waals surface area contributed by atoms with Crippen molar-refractivity contribution < 1.29 is 4.42 Å². The summed E-state index contributed by atoms with van der Waals surface area (Å²) in [6.07, 6.45) is 4.39. The summed E-state index contributed by atoms with van der Waals surface area (Å²) in [5.41, 5.74) is 17.1. The molecule has 0 saturated carbocycles. The second-order valence-corrected chi connectivity index (χ2v) is 16.0. The van der Waals surface area contributed by atoms with Gasteiger partial charge in [-0.25, -0.2) is 0 Å². The summed E-state index contributed by atoms with van der Waals surface area (Å²) in [4.78, 5) is 5.06. The van der Waals surface area contributed by atoms with Crippen molar-refractivity contribution in [3.63, 3.8) is 0 Å². The Labute approximate surface area is 311 Å². The highest BCUT2D eigenvalue weighted by Crippen LogP contribution is 2.49. The van der Waals surface area contributed by atoms with E-state index in [0.29, 0.717) is 0 Å². The Morgan fingerprint density at radius 2 is 1.15 bits per heavy atom. The zero-order valence-electron chi connectivity index (χ0n) is 30.4. The molecule has 6 aromatic carbocycles. The van der Waals surface area contributed by atoms with Crippen molar-refractivity contribution in [2.24, 2.45) is 0 Å². The van der Waals surface area contributed by atoms with Crippen molar-refractivity contribution in [1.82, 2.24) is 4.57 Å². The number of hydrogen-bond donors (Lipinski definition) is 0. The minimum absolute atomic E-state index is 0.0447. The minimum Gasteiger partial charge on any atom is -0.473 e. The van der Waals surface area contributed by atoms with E-state index < -0.39 is 0 Å². The lowest BCUT2D eigenvalue weighted by molar-refractivity contribution is 0.497. The van der Waals surface area contributed by atoms with Gasteiger partial charge in [-0.1, -0.05) is 99.6 Å². The molecule has 0 bridgehead atoms. The molecule has 0 spiro atoms. The summed E-state index contributed by atoms with van der Waals surface area (Å²) in [6, 6.07) is 51.6. The summed E-state index contributed by atoms with van der Waals surface area (Å²) in [5.74, 6) is 1.17. The molecule has 0 atom stereocenters. The smallest absolute Gasteiger partial charge is 0.297 e. The van der Waals surface area contributed by atoms with Crippen LogP contribution < -0.4 is 26.4 Å². The second kappa shape index (κ2) is 11.3. The molecule has 4 heterocycles. The van der Waals surface area contributed by atoms with E-state index in [-0.39, 0.29) is 12.1 Å². The second-order valence-electron chi connectivity index (χ2n) is 16.0. The topological polar surface area (TPSA) is 24.6 Å². The molecule has 3 aliphatic rings. The monoisotopic (exact) mass is 685 g/mol. The molecule has 0 fully saturated rings. The van der Waals surface area contributed by atoms with E-state index >= 15 is 0 Å². The van der Waals surface area contributed by atoms with Gasteiger partial charge >= 0.3 is 0 Å². The van der Waals surface area contributed by atoms with Crippen molar-refractivity contribution in [1.29, 1.82) is 0 Å². The molecule has 2 aliphatic heterocycles. The maximum Gasteiger partial charge on any atom is 0.297 e. The number of aryl methyl sites for hydroxylation is 1. The molecule has 0 N–H and O–H groups in total. The molecule has 256 valence electrons. The molecular formula is C48H40BN3O. The SMILES string of the molecule is CC(C)(C)c1cc2c3c(c1)N(c1ccccc1)c1c(oc4c1CCCC4)B3c1ccc(-n3c4ccccc4c4ccccc43)cc1N2c1ccccc1. The predicted octanol–water partition coefficient (Wildman–Crippen LogP) is 10.6. The van der Waals surface area contributed by atoms with Crippen LogP contribution in [0.4, 0.5) is 34.1 Å². The summed E-state index contributed by atoms with van der Waals surface area (Å²) in [6.45, 7) is 6.97. The molecule has 4 nitrogen and oxygen atoms in total. The number of fused-ring (bicyclic) bond motifs is 9. The average Bonchev–Trinajstić information content (AvgIpc) is 3.74. The third-order valence-electron chi connectivity index (χ3n) is 11.9. The highest BCUT2D eigenvalue weighted by Gasteiger charge is 2.48. The van der Waals surface area contributed by atoms with E-state index in [1.807, 2.05) is 0 Å². The molecular weight excluding hydrogens is 645 g/mol. The zero-order valence-corrected chi connectivity index (χ0v) is 30.4. The summed E-state index contributed by atoms with van der Waals surface area (Å²) >= 11 is 0. The van der Waals surface area contributed by atoms with Gasteiger partial charge in [0.2, 0.25) is 0 Å². The Hall–Kier alpha value is -5.94. The summed E-state index contributed by atoms with van der Waals surface area (Å²) in [7, 11) is 0. The lowest BCUT2D eigenvalue weighted by Gasteiger charge is -2.43. The highest BCUT2D eigenvalue weighted by atomic mass is 16.3. The fourth-order valence-corrected chi connectivity index (χ4v) is 9.42. The standard InChI is InChI=1S/C48H40BN3O/c1-48(2,3)31-28-42-45-43(29-31)52(33-18-8-5-9-19-33)46-37-22-12-15-25-44(37)53-47(46)49(45)38-27-26-34(30-41(38)50(42)32-16-6-4-7-17-32)51-39-23-13-10-20-35(39)36-21-11-14-24-40(36)51/h4-11,13-14,16-21,23-24,26-30H,12,15,22,25H2,1-3H3. The molecule has 1 aliphatic carbocycles. The molecule has 5 heteroatoms. The first-order valence-corrected chi connectivity index (χ1v) is 19.1. The molecule has 0 amide bonds. The minimum atomic E-state index is -0.0764. The number of para-hydroxylation sites is 4. The van der Waals surface area contributed by atoms with Crippen LogP contribution >= 0.6 is 0 Å². The number of anilines is 6. The quantitative estimate of drug-likeness (QED) is 0.173. The maximum absolute atomic E-state index is 7.18. The van der Waals surface area contributed by atoms with Crippen LogP contribution in [0.2, 0.25) is 0 Å². The summed E-state index contributed by atoms with van der Waals surface area (Å²) in [5, 5.41) is 2.54. The van der Waals surface area contributed by atoms with Crippen LogP contribution in [0.5, 0.6) is 0 Å². The van der Waals surface area contributed by atoms with E-state index in [9.17, 15) is 0 Å². The molecule has 8 aromatic rings. The third-order valence-corrected chi connectivity index (χ3v) is 11.9. The molecule has 0 saturated heterocycles. The van der Waals surface area contributed by atoms with Crippen molar-refractivity contribution in [3.8, 4) is 5.69 Å². The van der Waals surface area contributed by atoms with Gasteiger partial charge in [0.15, 0.2) is 0 Å². The van der Waals surface area contributed by atoms with Crippen LogP contribution in [-0.4, -0.2) is 11.3 Å². The number of nitrogens with zero attached hydrogens (tertiary/aromatic N) is 3. The van der Waals surface area contributed by atoms with E-state index in [0.717, 1.165) is 29.9 Å². The fraction of sp³-hybridized carbons (Fsp3) is 0.167. The number of hydrogen-bond acceptors (Lipinski definition) is 3. The zero-order chi connectivity index (χ0) is 35.4. The van der Waals surface area contributed by atoms with Crippen molar-refractivity contribution in [2.75, 3.05) is 9.80 Å². The molecule has 53 heavy (non-hydrogen) atoms. The fourth-order valence-electron chi connectivity index (χ4n) is 9.42. The Balaban J connectivity index is 1.26. The van der Waals surface area contributed by atoms with Crippen LogP contribution in [0.3, 0.4) is 0 Å². The largest absolute Gasteiger partial charge is 0.473 e. The van der Waals surface area contributed by atoms with Crippen LogP contribution in [-0.2, 0) is 18.3 Å². The van der Waals surface area contributed by atoms with Gasteiger partial charge < -0.3 is 18.8 Å². The van der Waals surface area contributed by atoms with Gasteiger partial charge in [-0.3, -0.25) is 0 Å². The molecule has 0 unspecified atom stereocenters. The Morgan fingerprint density at radius 1 is 0.566 bits per heavy atom. The third kappa shape index (κ3) is 4.43. The van der Waals surface area contributed by atoms with Gasteiger partial charge in [-0.2, -0.15) is 0 Å². The van der Waals surface area contributed by atoms with Gasteiger partial charge in [0, 0.05) is 56.9 Å². The molecule has 2 aromatic heterocycles. The molecule has 11 rings (SSSR count). The van der Waals surface area contributed by atoms with Crippen LogP contribution in [0, 0.1) is 0 Å². The summed E-state index contributed by atoms with van der Waals surface area (Å²) < 4.78 is 9.62. The number of furan rings is 1.